The van der Waals surface area contributed by atoms with Gasteiger partial charge in [0, 0.05) is 39.3 Å². The van der Waals surface area contributed by atoms with Crippen molar-refractivity contribution in [1.29, 1.82) is 0 Å². The molecule has 0 saturated carbocycles. The Bertz CT molecular complexity index is 342. The Balaban J connectivity index is 2.82. The third kappa shape index (κ3) is 3.40. The second-order valence-corrected chi connectivity index (χ2v) is 7.70. The fraction of sp³-hybridized carbons (Fsp3) is 1.00. The summed E-state index contributed by atoms with van der Waals surface area (Å²) in [6.07, 6.45) is 0. The van der Waals surface area contributed by atoms with Crippen molar-refractivity contribution in [2.75, 3.05) is 33.2 Å². The lowest BCUT2D eigenvalue weighted by Crippen LogP contribution is -2.54. The van der Waals surface area contributed by atoms with E-state index in [1.54, 1.807) is 11.4 Å². The summed E-state index contributed by atoms with van der Waals surface area (Å²) in [6.45, 7) is 10.7. The maximum Gasteiger partial charge on any atom is 0.282 e. The maximum absolute atomic E-state index is 12.4. The highest BCUT2D eigenvalue weighted by Gasteiger charge is 2.35. The van der Waals surface area contributed by atoms with Crippen molar-refractivity contribution in [1.82, 2.24) is 13.9 Å². The van der Waals surface area contributed by atoms with Gasteiger partial charge in [0.1, 0.15) is 0 Å². The number of hydrogen-bond acceptors (Lipinski definition) is 3. The molecule has 6 heteroatoms. The number of hydrogen-bond donors (Lipinski definition) is 1. The predicted octanol–water partition coefficient (Wildman–Crippen LogP) is 0.503. The summed E-state index contributed by atoms with van der Waals surface area (Å²) in [4.78, 5) is 0. The van der Waals surface area contributed by atoms with Gasteiger partial charge in [-0.2, -0.15) is 17.0 Å². The minimum atomic E-state index is -3.32. The van der Waals surface area contributed by atoms with Crippen molar-refractivity contribution in [3.8, 4) is 0 Å². The van der Waals surface area contributed by atoms with Crippen molar-refractivity contribution in [3.05, 3.63) is 0 Å². The minimum absolute atomic E-state index is 0.0256. The van der Waals surface area contributed by atoms with E-state index in [9.17, 15) is 8.42 Å². The van der Waals surface area contributed by atoms with E-state index in [1.807, 2.05) is 6.92 Å². The summed E-state index contributed by atoms with van der Waals surface area (Å²) in [5.74, 6) is 0. The molecule has 1 fully saturated rings. The summed E-state index contributed by atoms with van der Waals surface area (Å²) >= 11 is 0. The van der Waals surface area contributed by atoms with E-state index < -0.39 is 10.2 Å². The fourth-order valence-corrected chi connectivity index (χ4v) is 3.53. The van der Waals surface area contributed by atoms with Crippen molar-refractivity contribution in [2.45, 2.75) is 33.7 Å². The molecule has 0 bridgehead atoms. The molecular weight excluding hydrogens is 238 g/mol. The van der Waals surface area contributed by atoms with Gasteiger partial charge in [-0.1, -0.05) is 20.8 Å². The molecule has 1 heterocycles. The largest absolute Gasteiger partial charge is 0.314 e. The molecule has 1 atom stereocenters. The van der Waals surface area contributed by atoms with E-state index >= 15 is 0 Å². The summed E-state index contributed by atoms with van der Waals surface area (Å²) in [5, 5.41) is 3.16. The average Bonchev–Trinajstić information content (AvgIpc) is 2.27. The molecular formula is C11H25N3O2S. The lowest BCUT2D eigenvalue weighted by atomic mass is 9.88. The molecule has 0 spiro atoms. The van der Waals surface area contributed by atoms with Gasteiger partial charge in [-0.25, -0.2) is 0 Å². The standard InChI is InChI=1S/C11H25N3O2S/c1-10(11(2,3)4)13(5)17(15,16)14-8-6-12-7-9-14/h10,12H,6-9H2,1-5H3. The second kappa shape index (κ2) is 5.22. The zero-order valence-corrected chi connectivity index (χ0v) is 12.3. The van der Waals surface area contributed by atoms with Crippen LogP contribution in [0.15, 0.2) is 0 Å². The van der Waals surface area contributed by atoms with Crippen LogP contribution >= 0.6 is 0 Å². The zero-order chi connectivity index (χ0) is 13.3. The van der Waals surface area contributed by atoms with E-state index in [1.165, 1.54) is 4.31 Å². The Morgan fingerprint density at radius 1 is 1.24 bits per heavy atom. The van der Waals surface area contributed by atoms with Gasteiger partial charge in [0.2, 0.25) is 0 Å². The van der Waals surface area contributed by atoms with Crippen LogP contribution in [0, 0.1) is 5.41 Å². The monoisotopic (exact) mass is 263 g/mol. The lowest BCUT2D eigenvalue weighted by Gasteiger charge is -2.38. The molecule has 0 radical (unpaired) electrons. The van der Waals surface area contributed by atoms with Gasteiger partial charge in [0.25, 0.3) is 10.2 Å². The molecule has 1 aliphatic heterocycles. The molecule has 102 valence electrons. The molecule has 1 saturated heterocycles. The van der Waals surface area contributed by atoms with E-state index in [0.717, 1.165) is 13.1 Å². The van der Waals surface area contributed by atoms with E-state index in [4.69, 9.17) is 0 Å². The Hall–Kier alpha value is -0.170. The highest BCUT2D eigenvalue weighted by molar-refractivity contribution is 7.86. The van der Waals surface area contributed by atoms with Gasteiger partial charge < -0.3 is 5.32 Å². The van der Waals surface area contributed by atoms with Crippen molar-refractivity contribution in [3.63, 3.8) is 0 Å². The first-order valence-electron chi connectivity index (χ1n) is 6.11. The van der Waals surface area contributed by atoms with Crippen LogP contribution in [0.4, 0.5) is 0 Å². The summed E-state index contributed by atoms with van der Waals surface area (Å²) in [5.41, 5.74) is -0.0597. The topological polar surface area (TPSA) is 52.7 Å². The number of nitrogens with one attached hydrogen (secondary N) is 1. The Morgan fingerprint density at radius 2 is 1.71 bits per heavy atom. The van der Waals surface area contributed by atoms with Gasteiger partial charge in [0.15, 0.2) is 0 Å². The summed E-state index contributed by atoms with van der Waals surface area (Å²) < 4.78 is 27.9. The average molecular weight is 263 g/mol. The van der Waals surface area contributed by atoms with Crippen molar-refractivity contribution in [2.24, 2.45) is 5.41 Å². The van der Waals surface area contributed by atoms with Gasteiger partial charge in [0.05, 0.1) is 0 Å². The smallest absolute Gasteiger partial charge is 0.282 e. The first-order valence-corrected chi connectivity index (χ1v) is 7.51. The number of piperazine rings is 1. The summed E-state index contributed by atoms with van der Waals surface area (Å²) in [7, 11) is -1.64. The van der Waals surface area contributed by atoms with Gasteiger partial charge in [-0.15, -0.1) is 0 Å². The molecule has 0 aliphatic carbocycles. The molecule has 17 heavy (non-hydrogen) atoms. The highest BCUT2D eigenvalue weighted by Crippen LogP contribution is 2.25. The molecule has 0 amide bonds. The Kier molecular flexibility index (Phi) is 4.57. The number of nitrogens with zero attached hydrogens (tertiary/aromatic N) is 2. The predicted molar refractivity (Wildman–Crippen MR) is 70.0 cm³/mol. The van der Waals surface area contributed by atoms with Crippen molar-refractivity contribution >= 4 is 10.2 Å². The second-order valence-electron chi connectivity index (χ2n) is 5.72. The highest BCUT2D eigenvalue weighted by atomic mass is 32.2. The molecule has 5 nitrogen and oxygen atoms in total. The van der Waals surface area contributed by atoms with Gasteiger partial charge in [-0.3, -0.25) is 0 Å². The van der Waals surface area contributed by atoms with E-state index in [2.05, 4.69) is 26.1 Å². The number of rotatable bonds is 3. The summed E-state index contributed by atoms with van der Waals surface area (Å²) in [6, 6.07) is -0.0256. The first kappa shape index (κ1) is 14.9. The van der Waals surface area contributed by atoms with E-state index in [0.29, 0.717) is 13.1 Å². The van der Waals surface area contributed by atoms with Crippen molar-refractivity contribution < 1.29 is 8.42 Å². The SMILES string of the molecule is CC(N(C)S(=O)(=O)N1CCNCC1)C(C)(C)C. The van der Waals surface area contributed by atoms with Crippen LogP contribution in [0.5, 0.6) is 0 Å². The van der Waals surface area contributed by atoms with Crippen LogP contribution in [0.3, 0.4) is 0 Å². The first-order chi connectivity index (χ1) is 7.67. The molecule has 1 unspecified atom stereocenters. The quantitative estimate of drug-likeness (QED) is 0.807. The lowest BCUT2D eigenvalue weighted by molar-refractivity contribution is 0.201. The van der Waals surface area contributed by atoms with Gasteiger partial charge >= 0.3 is 0 Å². The molecule has 0 aromatic rings. The van der Waals surface area contributed by atoms with Gasteiger partial charge in [-0.05, 0) is 12.3 Å². The Morgan fingerprint density at radius 3 is 2.12 bits per heavy atom. The van der Waals surface area contributed by atoms with Crippen LogP contribution < -0.4 is 5.32 Å². The van der Waals surface area contributed by atoms with E-state index in [-0.39, 0.29) is 11.5 Å². The van der Waals surface area contributed by atoms with Crippen LogP contribution in [-0.4, -0.2) is 56.3 Å². The maximum atomic E-state index is 12.4. The fourth-order valence-electron chi connectivity index (χ4n) is 1.80. The zero-order valence-electron chi connectivity index (χ0n) is 11.5. The van der Waals surface area contributed by atoms with Crippen LogP contribution in [0.25, 0.3) is 0 Å². The molecule has 1 N–H and O–H groups in total. The minimum Gasteiger partial charge on any atom is -0.314 e. The molecule has 0 aromatic heterocycles. The van der Waals surface area contributed by atoms with Crippen LogP contribution in [-0.2, 0) is 10.2 Å². The third-order valence-corrected chi connectivity index (χ3v) is 5.63. The van der Waals surface area contributed by atoms with Crippen LogP contribution in [0.2, 0.25) is 0 Å². The molecule has 1 aliphatic rings. The molecule has 0 aromatic carbocycles. The Labute approximate surface area is 105 Å². The normalized spacial score (nSPS) is 21.8. The van der Waals surface area contributed by atoms with Crippen LogP contribution in [0.1, 0.15) is 27.7 Å². The molecule has 1 rings (SSSR count). The third-order valence-electron chi connectivity index (χ3n) is 3.56.